The fourth-order valence-corrected chi connectivity index (χ4v) is 1.41. The van der Waals surface area contributed by atoms with Crippen molar-refractivity contribution in [1.29, 1.82) is 0 Å². The lowest BCUT2D eigenvalue weighted by Crippen LogP contribution is -2.01. The predicted molar refractivity (Wildman–Crippen MR) is 55.1 cm³/mol. The normalized spacial score (nSPS) is 39.4. The Morgan fingerprint density at radius 2 is 1.92 bits per heavy atom. The molecule has 1 aliphatic heterocycles. The van der Waals surface area contributed by atoms with Crippen LogP contribution in [0.2, 0.25) is 0 Å². The minimum absolute atomic E-state index is 0.101. The van der Waals surface area contributed by atoms with Gasteiger partial charge in [0.2, 0.25) is 0 Å². The molecule has 0 bridgehead atoms. The highest BCUT2D eigenvalue weighted by Gasteiger charge is 2.01. The van der Waals surface area contributed by atoms with Crippen LogP contribution in [-0.2, 0) is 4.74 Å². The van der Waals surface area contributed by atoms with E-state index in [-0.39, 0.29) is 6.10 Å². The molecule has 0 amide bonds. The maximum absolute atomic E-state index is 5.44. The minimum Gasteiger partial charge on any atom is -0.481 e. The van der Waals surface area contributed by atoms with Crippen molar-refractivity contribution in [3.63, 3.8) is 0 Å². The molecule has 0 N–H and O–H groups in total. The van der Waals surface area contributed by atoms with Gasteiger partial charge in [0.25, 0.3) is 0 Å². The molecular formula is C10H14OS. The summed E-state index contributed by atoms with van der Waals surface area (Å²) < 4.78 is 5.44. The first-order valence-electron chi connectivity index (χ1n) is 4.11. The van der Waals surface area contributed by atoms with E-state index in [0.29, 0.717) is 11.0 Å². The van der Waals surface area contributed by atoms with Crippen LogP contribution in [0.25, 0.3) is 0 Å². The van der Waals surface area contributed by atoms with Gasteiger partial charge in [0.1, 0.15) is 11.2 Å². The van der Waals surface area contributed by atoms with Crippen molar-refractivity contribution in [1.82, 2.24) is 0 Å². The molecule has 0 saturated heterocycles. The van der Waals surface area contributed by atoms with Crippen molar-refractivity contribution in [2.45, 2.75) is 20.0 Å². The van der Waals surface area contributed by atoms with Crippen LogP contribution < -0.4 is 0 Å². The van der Waals surface area contributed by atoms with Gasteiger partial charge in [-0.3, -0.25) is 0 Å². The lowest BCUT2D eigenvalue weighted by Gasteiger charge is -2.09. The number of ether oxygens (including phenoxy) is 1. The quantitative estimate of drug-likeness (QED) is 0.567. The highest BCUT2D eigenvalue weighted by atomic mass is 32.1. The first kappa shape index (κ1) is 9.46. The number of thiol groups is 1. The Labute approximate surface area is 79.2 Å². The molecule has 0 aliphatic carbocycles. The van der Waals surface area contributed by atoms with Crippen molar-refractivity contribution in [3.8, 4) is 0 Å². The predicted octanol–water partition coefficient (Wildman–Crippen LogP) is 2.92. The van der Waals surface area contributed by atoms with Crippen molar-refractivity contribution >= 4 is 12.6 Å². The van der Waals surface area contributed by atoms with Gasteiger partial charge in [-0.25, -0.2) is 0 Å². The average molecular weight is 182 g/mol. The molecular weight excluding hydrogens is 168 g/mol. The maximum Gasteiger partial charge on any atom is 0.147 e. The van der Waals surface area contributed by atoms with E-state index in [1.54, 1.807) is 0 Å². The Morgan fingerprint density at radius 3 is 2.67 bits per heavy atom. The number of allylic oxidation sites excluding steroid dienone is 4. The van der Waals surface area contributed by atoms with E-state index in [1.165, 1.54) is 0 Å². The molecule has 0 saturated carbocycles. The summed E-state index contributed by atoms with van der Waals surface area (Å²) >= 11 is 4.22. The van der Waals surface area contributed by atoms with Gasteiger partial charge in [-0.2, -0.15) is 0 Å². The van der Waals surface area contributed by atoms with Gasteiger partial charge in [-0.1, -0.05) is 25.2 Å². The van der Waals surface area contributed by atoms with Gasteiger partial charge in [0.05, 0.1) is 0 Å². The standard InChI is InChI=1S/C10H14OS/c1-8-5-3-4-6-9(2)11-10(12)7-8/h3-9,12H,1-2H3/b5-3-,6-4-,10-7+/t8-,9+/m0/s1. The summed E-state index contributed by atoms with van der Waals surface area (Å²) in [5.74, 6) is 0.382. The minimum atomic E-state index is 0.101. The number of rotatable bonds is 0. The number of hydrogen-bond acceptors (Lipinski definition) is 2. The smallest absolute Gasteiger partial charge is 0.147 e. The molecule has 1 heterocycles. The van der Waals surface area contributed by atoms with Crippen molar-refractivity contribution in [3.05, 3.63) is 35.5 Å². The molecule has 66 valence electrons. The first-order chi connectivity index (χ1) is 5.68. The van der Waals surface area contributed by atoms with Crippen LogP contribution in [0.3, 0.4) is 0 Å². The van der Waals surface area contributed by atoms with E-state index in [0.717, 1.165) is 0 Å². The van der Waals surface area contributed by atoms with Crippen LogP contribution >= 0.6 is 12.6 Å². The molecule has 0 fully saturated rings. The van der Waals surface area contributed by atoms with Crippen LogP contribution in [0, 0.1) is 5.92 Å². The van der Waals surface area contributed by atoms with Crippen LogP contribution in [-0.4, -0.2) is 6.10 Å². The molecule has 1 nitrogen and oxygen atoms in total. The zero-order valence-corrected chi connectivity index (χ0v) is 8.29. The molecule has 12 heavy (non-hydrogen) atoms. The second-order valence-corrected chi connectivity index (χ2v) is 3.40. The SMILES string of the molecule is C[C@@H]1/C=C\C=C/[C@H](C)/C=C(/S)O1. The fourth-order valence-electron chi connectivity index (χ4n) is 1.01. The summed E-state index contributed by atoms with van der Waals surface area (Å²) in [6.07, 6.45) is 10.2. The fraction of sp³-hybridized carbons (Fsp3) is 0.400. The third kappa shape index (κ3) is 3.18. The van der Waals surface area contributed by atoms with Gasteiger partial charge in [0.15, 0.2) is 0 Å². The highest BCUT2D eigenvalue weighted by Crippen LogP contribution is 2.14. The van der Waals surface area contributed by atoms with Gasteiger partial charge >= 0.3 is 0 Å². The van der Waals surface area contributed by atoms with E-state index in [1.807, 2.05) is 31.2 Å². The topological polar surface area (TPSA) is 9.23 Å². The Hall–Kier alpha value is -0.630. The van der Waals surface area contributed by atoms with Gasteiger partial charge < -0.3 is 4.74 Å². The van der Waals surface area contributed by atoms with Crippen molar-refractivity contribution in [2.75, 3.05) is 0 Å². The van der Waals surface area contributed by atoms with E-state index < -0.39 is 0 Å². The zero-order valence-electron chi connectivity index (χ0n) is 7.40. The molecule has 1 aliphatic rings. The van der Waals surface area contributed by atoms with E-state index in [2.05, 4.69) is 25.6 Å². The van der Waals surface area contributed by atoms with Gasteiger partial charge in [-0.05, 0) is 25.0 Å². The molecule has 0 aromatic carbocycles. The molecule has 2 heteroatoms. The Kier molecular flexibility index (Phi) is 3.48. The second-order valence-electron chi connectivity index (χ2n) is 2.96. The molecule has 1 rings (SSSR count). The molecule has 0 spiro atoms. The summed E-state index contributed by atoms with van der Waals surface area (Å²) in [4.78, 5) is 0. The largest absolute Gasteiger partial charge is 0.481 e. The number of hydrogen-bond donors (Lipinski definition) is 1. The van der Waals surface area contributed by atoms with E-state index in [9.17, 15) is 0 Å². The van der Waals surface area contributed by atoms with Gasteiger partial charge in [0, 0.05) is 0 Å². The first-order valence-corrected chi connectivity index (χ1v) is 4.55. The molecule has 0 radical (unpaired) electrons. The molecule has 0 unspecified atom stereocenters. The maximum atomic E-state index is 5.44. The summed E-state index contributed by atoms with van der Waals surface area (Å²) in [7, 11) is 0. The van der Waals surface area contributed by atoms with E-state index in [4.69, 9.17) is 4.74 Å². The summed E-state index contributed by atoms with van der Waals surface area (Å²) in [6, 6.07) is 0. The monoisotopic (exact) mass is 182 g/mol. The molecule has 2 atom stereocenters. The summed E-state index contributed by atoms with van der Waals surface area (Å²) in [6.45, 7) is 4.09. The second kappa shape index (κ2) is 4.41. The Morgan fingerprint density at radius 1 is 1.25 bits per heavy atom. The lowest BCUT2D eigenvalue weighted by molar-refractivity contribution is 0.193. The third-order valence-corrected chi connectivity index (χ3v) is 1.87. The Bertz CT molecular complexity index is 228. The molecule has 0 aromatic rings. The zero-order chi connectivity index (χ0) is 8.97. The van der Waals surface area contributed by atoms with Crippen LogP contribution in [0.15, 0.2) is 35.5 Å². The Balaban J connectivity index is 2.76. The lowest BCUT2D eigenvalue weighted by atomic mass is 10.1. The van der Waals surface area contributed by atoms with Gasteiger partial charge in [-0.15, -0.1) is 12.6 Å². The van der Waals surface area contributed by atoms with Crippen LogP contribution in [0.4, 0.5) is 0 Å². The van der Waals surface area contributed by atoms with Crippen LogP contribution in [0.1, 0.15) is 13.8 Å². The highest BCUT2D eigenvalue weighted by molar-refractivity contribution is 7.84. The molecule has 0 aromatic heterocycles. The van der Waals surface area contributed by atoms with Crippen LogP contribution in [0.5, 0.6) is 0 Å². The van der Waals surface area contributed by atoms with Crippen molar-refractivity contribution in [2.24, 2.45) is 5.92 Å². The average Bonchev–Trinajstić information content (AvgIpc) is 2.01. The summed E-state index contributed by atoms with van der Waals surface area (Å²) in [5.41, 5.74) is 0. The van der Waals surface area contributed by atoms with E-state index >= 15 is 0 Å². The third-order valence-electron chi connectivity index (χ3n) is 1.62. The van der Waals surface area contributed by atoms with Crippen molar-refractivity contribution < 1.29 is 4.74 Å². The summed E-state index contributed by atoms with van der Waals surface area (Å²) in [5, 5.41) is 0.700.